The fourth-order valence-corrected chi connectivity index (χ4v) is 3.13. The summed E-state index contributed by atoms with van der Waals surface area (Å²) >= 11 is 0. The third-order valence-electron chi connectivity index (χ3n) is 4.29. The first kappa shape index (κ1) is 14.3. The fourth-order valence-electron chi connectivity index (χ4n) is 3.13. The Kier molecular flexibility index (Phi) is 4.39. The second-order valence-corrected chi connectivity index (χ2v) is 5.76. The number of nitrogens with zero attached hydrogens (tertiary/aromatic N) is 2. The lowest BCUT2D eigenvalue weighted by Gasteiger charge is -2.21. The Morgan fingerprint density at radius 1 is 1.29 bits per heavy atom. The Balaban J connectivity index is 1.89. The van der Waals surface area contributed by atoms with Gasteiger partial charge in [-0.05, 0) is 31.9 Å². The zero-order chi connectivity index (χ0) is 14.7. The summed E-state index contributed by atoms with van der Waals surface area (Å²) < 4.78 is 5.59. The maximum absolute atomic E-state index is 5.59. The van der Waals surface area contributed by atoms with Crippen molar-refractivity contribution in [1.29, 1.82) is 0 Å². The fraction of sp³-hybridized carbons (Fsp3) is 0.500. The maximum Gasteiger partial charge on any atom is 0.0726 e. The second-order valence-electron chi connectivity index (χ2n) is 5.76. The number of aryl methyl sites for hydroxylation is 1. The van der Waals surface area contributed by atoms with Crippen LogP contribution in [0.5, 0.6) is 0 Å². The van der Waals surface area contributed by atoms with Crippen LogP contribution in [0, 0.1) is 5.92 Å². The minimum atomic E-state index is 0.655. The normalized spacial score (nSPS) is 18.6. The predicted molar refractivity (Wildman–Crippen MR) is 87.9 cm³/mol. The van der Waals surface area contributed by atoms with Gasteiger partial charge < -0.3 is 9.64 Å². The van der Waals surface area contributed by atoms with Crippen LogP contribution in [0.2, 0.25) is 0 Å². The molecule has 1 saturated heterocycles. The second kappa shape index (κ2) is 6.44. The molecule has 0 spiro atoms. The van der Waals surface area contributed by atoms with Crippen LogP contribution in [-0.4, -0.2) is 31.3 Å². The average molecular weight is 284 g/mol. The highest BCUT2D eigenvalue weighted by Gasteiger charge is 2.24. The molecule has 3 heteroatoms. The van der Waals surface area contributed by atoms with E-state index in [2.05, 4.69) is 49.1 Å². The lowest BCUT2D eigenvalue weighted by atomic mass is 10.1. The summed E-state index contributed by atoms with van der Waals surface area (Å²) in [6.07, 6.45) is 2.20. The van der Waals surface area contributed by atoms with Crippen LogP contribution < -0.4 is 4.90 Å². The Labute approximate surface area is 126 Å². The summed E-state index contributed by atoms with van der Waals surface area (Å²) in [6.45, 7) is 8.15. The lowest BCUT2D eigenvalue weighted by molar-refractivity contribution is 0.117. The molecule has 1 aromatic carbocycles. The number of aromatic nitrogens is 1. The minimum absolute atomic E-state index is 0.655. The number of rotatable bonds is 5. The molecule has 1 aliphatic heterocycles. The van der Waals surface area contributed by atoms with Crippen LogP contribution in [0.15, 0.2) is 30.3 Å². The van der Waals surface area contributed by atoms with Crippen molar-refractivity contribution in [1.82, 2.24) is 4.98 Å². The molecule has 3 nitrogen and oxygen atoms in total. The van der Waals surface area contributed by atoms with E-state index < -0.39 is 0 Å². The summed E-state index contributed by atoms with van der Waals surface area (Å²) in [5, 5.41) is 1.27. The molecule has 0 amide bonds. The van der Waals surface area contributed by atoms with Crippen molar-refractivity contribution < 1.29 is 4.74 Å². The molecule has 2 heterocycles. The van der Waals surface area contributed by atoms with Crippen molar-refractivity contribution in [3.8, 4) is 0 Å². The van der Waals surface area contributed by atoms with Gasteiger partial charge in [-0.1, -0.05) is 25.1 Å². The van der Waals surface area contributed by atoms with Crippen molar-refractivity contribution in [2.75, 3.05) is 31.2 Å². The van der Waals surface area contributed by atoms with Gasteiger partial charge in [0.2, 0.25) is 0 Å². The molecular weight excluding hydrogens is 260 g/mol. The summed E-state index contributed by atoms with van der Waals surface area (Å²) in [6, 6.07) is 10.7. The molecule has 0 N–H and O–H groups in total. The van der Waals surface area contributed by atoms with Gasteiger partial charge in [0, 0.05) is 42.4 Å². The van der Waals surface area contributed by atoms with Crippen molar-refractivity contribution in [2.45, 2.75) is 26.7 Å². The Bertz CT molecular complexity index is 611. The summed E-state index contributed by atoms with van der Waals surface area (Å²) in [4.78, 5) is 7.25. The van der Waals surface area contributed by atoms with E-state index in [9.17, 15) is 0 Å². The summed E-state index contributed by atoms with van der Waals surface area (Å²) in [7, 11) is 0. The largest absolute Gasteiger partial charge is 0.381 e. The van der Waals surface area contributed by atoms with Crippen molar-refractivity contribution in [3.05, 3.63) is 36.0 Å². The highest BCUT2D eigenvalue weighted by atomic mass is 16.5. The molecule has 112 valence electrons. The van der Waals surface area contributed by atoms with E-state index in [0.29, 0.717) is 5.92 Å². The monoisotopic (exact) mass is 284 g/mol. The molecule has 1 aromatic heterocycles. The average Bonchev–Trinajstić information content (AvgIpc) is 3.00. The number of hydrogen-bond donors (Lipinski definition) is 0. The van der Waals surface area contributed by atoms with E-state index in [4.69, 9.17) is 9.72 Å². The Morgan fingerprint density at radius 2 is 2.14 bits per heavy atom. The zero-order valence-electron chi connectivity index (χ0n) is 13.0. The van der Waals surface area contributed by atoms with Gasteiger partial charge in [0.15, 0.2) is 0 Å². The molecule has 0 bridgehead atoms. The first-order valence-electron chi connectivity index (χ1n) is 8.03. The van der Waals surface area contributed by atoms with Gasteiger partial charge in [-0.2, -0.15) is 0 Å². The van der Waals surface area contributed by atoms with Gasteiger partial charge in [-0.15, -0.1) is 0 Å². The number of para-hydroxylation sites is 1. The van der Waals surface area contributed by atoms with E-state index in [1.807, 2.05) is 0 Å². The van der Waals surface area contributed by atoms with Gasteiger partial charge in [-0.25, -0.2) is 0 Å². The van der Waals surface area contributed by atoms with E-state index in [1.165, 1.54) is 23.2 Å². The topological polar surface area (TPSA) is 25.4 Å². The first-order chi connectivity index (χ1) is 10.3. The lowest BCUT2D eigenvalue weighted by Crippen LogP contribution is -2.21. The van der Waals surface area contributed by atoms with Gasteiger partial charge in [0.25, 0.3) is 0 Å². The van der Waals surface area contributed by atoms with Crippen molar-refractivity contribution in [2.24, 2.45) is 5.92 Å². The van der Waals surface area contributed by atoms with Crippen LogP contribution >= 0.6 is 0 Å². The molecule has 3 rings (SSSR count). The highest BCUT2D eigenvalue weighted by molar-refractivity contribution is 5.92. The molecule has 0 saturated carbocycles. The number of pyridine rings is 1. The quantitative estimate of drug-likeness (QED) is 0.838. The van der Waals surface area contributed by atoms with Gasteiger partial charge in [0.1, 0.15) is 0 Å². The summed E-state index contributed by atoms with van der Waals surface area (Å²) in [5.41, 5.74) is 3.63. The van der Waals surface area contributed by atoms with E-state index in [0.717, 1.165) is 38.2 Å². The zero-order valence-corrected chi connectivity index (χ0v) is 13.0. The molecule has 0 aliphatic carbocycles. The van der Waals surface area contributed by atoms with Gasteiger partial charge in [-0.3, -0.25) is 4.98 Å². The standard InChI is InChI=1S/C18H24N2O/c1-3-15-11-18(16-7-5-6-8-17(16)19-15)20-10-9-14(12-20)13-21-4-2/h5-8,11,14H,3-4,9-10,12-13H2,1-2H3. The summed E-state index contributed by atoms with van der Waals surface area (Å²) in [5.74, 6) is 0.655. The molecule has 2 aromatic rings. The first-order valence-corrected chi connectivity index (χ1v) is 8.03. The SMILES string of the molecule is CCOCC1CCN(c2cc(CC)nc3ccccc23)C1. The minimum Gasteiger partial charge on any atom is -0.381 e. The molecule has 1 aliphatic rings. The predicted octanol–water partition coefficient (Wildman–Crippen LogP) is 3.66. The van der Waals surface area contributed by atoms with Gasteiger partial charge >= 0.3 is 0 Å². The molecule has 1 fully saturated rings. The smallest absolute Gasteiger partial charge is 0.0726 e. The Morgan fingerprint density at radius 3 is 2.95 bits per heavy atom. The molecule has 1 unspecified atom stereocenters. The van der Waals surface area contributed by atoms with Crippen molar-refractivity contribution in [3.63, 3.8) is 0 Å². The number of hydrogen-bond acceptors (Lipinski definition) is 3. The third kappa shape index (κ3) is 3.03. The van der Waals surface area contributed by atoms with E-state index >= 15 is 0 Å². The molecular formula is C18H24N2O. The van der Waals surface area contributed by atoms with E-state index in [1.54, 1.807) is 0 Å². The molecule has 1 atom stereocenters. The van der Waals surface area contributed by atoms with Crippen LogP contribution in [-0.2, 0) is 11.2 Å². The number of anilines is 1. The van der Waals surface area contributed by atoms with Crippen LogP contribution in [0.25, 0.3) is 10.9 Å². The number of fused-ring (bicyclic) bond motifs is 1. The van der Waals surface area contributed by atoms with Crippen LogP contribution in [0.1, 0.15) is 26.0 Å². The molecule has 0 radical (unpaired) electrons. The number of ether oxygens (including phenoxy) is 1. The Hall–Kier alpha value is -1.61. The van der Waals surface area contributed by atoms with Crippen LogP contribution in [0.3, 0.4) is 0 Å². The molecule has 21 heavy (non-hydrogen) atoms. The van der Waals surface area contributed by atoms with Crippen LogP contribution in [0.4, 0.5) is 5.69 Å². The van der Waals surface area contributed by atoms with Gasteiger partial charge in [0.05, 0.1) is 12.1 Å². The van der Waals surface area contributed by atoms with Crippen molar-refractivity contribution >= 4 is 16.6 Å². The maximum atomic E-state index is 5.59. The third-order valence-corrected chi connectivity index (χ3v) is 4.29. The highest BCUT2D eigenvalue weighted by Crippen LogP contribution is 2.31. The number of benzene rings is 1. The van der Waals surface area contributed by atoms with E-state index in [-0.39, 0.29) is 0 Å².